The molecule has 152 valence electrons. The predicted molar refractivity (Wildman–Crippen MR) is 96.1 cm³/mol. The molecule has 8 nitrogen and oxygen atoms in total. The van der Waals surface area contributed by atoms with Gasteiger partial charge in [0, 0.05) is 17.4 Å². The zero-order valence-electron chi connectivity index (χ0n) is 16.1. The largest absolute Gasteiger partial charge is 0.461 e. The molecular formula is C18H27NO7S. The smallest absolute Gasteiger partial charge is 0.330 e. The Bertz CT molecular complexity index is 781. The van der Waals surface area contributed by atoms with Crippen molar-refractivity contribution < 1.29 is 31.7 Å². The van der Waals surface area contributed by atoms with Gasteiger partial charge in [0.25, 0.3) is 10.1 Å². The molecule has 9 heteroatoms. The maximum atomic E-state index is 12.4. The average Bonchev–Trinajstić information content (AvgIpc) is 3.02. The standard InChI is InChI=1S/C18H27NO7S/c1-6-14(21)24-8-7-19-13(20)10-25-18(5)16(3)9-12-15(11(16)2)17(18,4)26-27(12,22)23/h6,11-12,15H,1,7-10H2,2-5H3,(H,19,20). The minimum absolute atomic E-state index is 0.0332. The van der Waals surface area contributed by atoms with Crippen molar-refractivity contribution in [3.8, 4) is 0 Å². The first kappa shape index (κ1) is 20.3. The van der Waals surface area contributed by atoms with E-state index in [1.807, 2.05) is 20.8 Å². The van der Waals surface area contributed by atoms with Crippen LogP contribution in [0, 0.1) is 17.3 Å². The summed E-state index contributed by atoms with van der Waals surface area (Å²) in [5.41, 5.74) is -2.33. The summed E-state index contributed by atoms with van der Waals surface area (Å²) in [6.45, 7) is 10.9. The molecule has 0 radical (unpaired) electrons. The molecule has 0 aromatic rings. The van der Waals surface area contributed by atoms with Crippen molar-refractivity contribution in [2.75, 3.05) is 19.8 Å². The van der Waals surface area contributed by atoms with Crippen molar-refractivity contribution in [3.63, 3.8) is 0 Å². The highest BCUT2D eigenvalue weighted by atomic mass is 32.2. The van der Waals surface area contributed by atoms with Gasteiger partial charge in [-0.15, -0.1) is 0 Å². The molecule has 27 heavy (non-hydrogen) atoms. The van der Waals surface area contributed by atoms with Gasteiger partial charge in [-0.05, 0) is 26.2 Å². The van der Waals surface area contributed by atoms with E-state index in [4.69, 9.17) is 13.7 Å². The molecule has 1 N–H and O–H groups in total. The maximum Gasteiger partial charge on any atom is 0.330 e. The Kier molecular flexibility index (Phi) is 4.72. The molecule has 2 bridgehead atoms. The van der Waals surface area contributed by atoms with Gasteiger partial charge in [-0.1, -0.05) is 20.4 Å². The predicted octanol–water partition coefficient (Wildman–Crippen LogP) is 0.770. The number of ether oxygens (including phenoxy) is 2. The molecule has 1 heterocycles. The van der Waals surface area contributed by atoms with Gasteiger partial charge in [0.2, 0.25) is 5.91 Å². The van der Waals surface area contributed by atoms with Crippen LogP contribution in [0.5, 0.6) is 0 Å². The summed E-state index contributed by atoms with van der Waals surface area (Å²) in [7, 11) is -3.64. The first-order chi connectivity index (χ1) is 12.4. The number of carbonyl (C=O) groups excluding carboxylic acids is 2. The van der Waals surface area contributed by atoms with Crippen LogP contribution in [0.25, 0.3) is 0 Å². The summed E-state index contributed by atoms with van der Waals surface area (Å²) in [5, 5.41) is 2.10. The lowest BCUT2D eigenvalue weighted by Gasteiger charge is -2.49. The van der Waals surface area contributed by atoms with Crippen LogP contribution in [0.1, 0.15) is 34.1 Å². The molecule has 3 rings (SSSR count). The highest BCUT2D eigenvalue weighted by Gasteiger charge is 2.83. The van der Waals surface area contributed by atoms with E-state index in [0.717, 1.165) is 6.08 Å². The molecular weight excluding hydrogens is 374 g/mol. The average molecular weight is 401 g/mol. The second kappa shape index (κ2) is 6.28. The van der Waals surface area contributed by atoms with Crippen LogP contribution in [0.15, 0.2) is 12.7 Å². The Morgan fingerprint density at radius 2 is 2.00 bits per heavy atom. The van der Waals surface area contributed by atoms with Gasteiger partial charge in [0.15, 0.2) is 0 Å². The monoisotopic (exact) mass is 401 g/mol. The van der Waals surface area contributed by atoms with Crippen molar-refractivity contribution in [2.45, 2.75) is 50.6 Å². The lowest BCUT2D eigenvalue weighted by atomic mass is 9.66. The molecule has 1 saturated heterocycles. The Balaban J connectivity index is 1.66. The zero-order valence-corrected chi connectivity index (χ0v) is 16.9. The summed E-state index contributed by atoms with van der Waals surface area (Å²) in [6, 6.07) is 0. The molecule has 2 saturated carbocycles. The normalized spacial score (nSPS) is 43.5. The van der Waals surface area contributed by atoms with Crippen LogP contribution in [0.2, 0.25) is 0 Å². The highest BCUT2D eigenvalue weighted by molar-refractivity contribution is 7.87. The number of hydrogen-bond acceptors (Lipinski definition) is 7. The van der Waals surface area contributed by atoms with E-state index >= 15 is 0 Å². The third kappa shape index (κ3) is 2.66. The van der Waals surface area contributed by atoms with E-state index in [9.17, 15) is 18.0 Å². The second-order valence-corrected chi connectivity index (χ2v) is 9.96. The van der Waals surface area contributed by atoms with E-state index in [0.29, 0.717) is 6.42 Å². The van der Waals surface area contributed by atoms with Crippen molar-refractivity contribution in [2.24, 2.45) is 17.3 Å². The van der Waals surface area contributed by atoms with E-state index in [2.05, 4.69) is 11.9 Å². The first-order valence-electron chi connectivity index (χ1n) is 9.07. The Labute approximate surface area is 159 Å². The fourth-order valence-electron chi connectivity index (χ4n) is 5.48. The molecule has 6 unspecified atom stereocenters. The van der Waals surface area contributed by atoms with Gasteiger partial charge in [0.05, 0.1) is 11.8 Å². The van der Waals surface area contributed by atoms with Gasteiger partial charge in [-0.3, -0.25) is 8.98 Å². The van der Waals surface area contributed by atoms with Gasteiger partial charge >= 0.3 is 5.97 Å². The third-order valence-corrected chi connectivity index (χ3v) is 9.01. The Morgan fingerprint density at radius 1 is 1.33 bits per heavy atom. The third-order valence-electron chi connectivity index (χ3n) is 7.23. The van der Waals surface area contributed by atoms with Crippen molar-refractivity contribution in [3.05, 3.63) is 12.7 Å². The SMILES string of the molecule is C=CC(=O)OCCNC(=O)COC1(C)C2(C)CC3C(C2C)C1(C)OS3(=O)=O. The quantitative estimate of drug-likeness (QED) is 0.290. The number of rotatable bonds is 7. The summed E-state index contributed by atoms with van der Waals surface area (Å²) in [4.78, 5) is 23.1. The number of carbonyl (C=O) groups is 2. The van der Waals surface area contributed by atoms with Crippen LogP contribution in [0.4, 0.5) is 0 Å². The summed E-state index contributed by atoms with van der Waals surface area (Å²) < 4.78 is 41.3. The number of amides is 1. The molecule has 2 aliphatic carbocycles. The summed E-state index contributed by atoms with van der Waals surface area (Å²) in [6.07, 6.45) is 1.51. The lowest BCUT2D eigenvalue weighted by Crippen LogP contribution is -2.60. The van der Waals surface area contributed by atoms with E-state index in [1.54, 1.807) is 6.92 Å². The molecule has 3 fully saturated rings. The number of hydrogen-bond donors (Lipinski definition) is 1. The minimum atomic E-state index is -3.64. The molecule has 0 aromatic carbocycles. The van der Waals surface area contributed by atoms with Crippen LogP contribution in [-0.4, -0.2) is 56.5 Å². The number of nitrogens with one attached hydrogen (secondary N) is 1. The highest BCUT2D eigenvalue weighted by Crippen LogP contribution is 2.74. The van der Waals surface area contributed by atoms with Crippen molar-refractivity contribution in [1.82, 2.24) is 5.32 Å². The van der Waals surface area contributed by atoms with Gasteiger partial charge in [-0.25, -0.2) is 4.79 Å². The van der Waals surface area contributed by atoms with E-state index < -0.39 is 38.0 Å². The van der Waals surface area contributed by atoms with Crippen LogP contribution < -0.4 is 5.32 Å². The maximum absolute atomic E-state index is 12.4. The van der Waals surface area contributed by atoms with Crippen LogP contribution in [-0.2, 0) is 33.4 Å². The molecule has 1 aliphatic heterocycles. The molecule has 0 aromatic heterocycles. The van der Waals surface area contributed by atoms with Crippen LogP contribution >= 0.6 is 0 Å². The fraction of sp³-hybridized carbons (Fsp3) is 0.778. The van der Waals surface area contributed by atoms with Crippen molar-refractivity contribution >= 4 is 22.0 Å². The van der Waals surface area contributed by atoms with Gasteiger partial charge in [0.1, 0.15) is 24.4 Å². The molecule has 1 amide bonds. The Morgan fingerprint density at radius 3 is 2.63 bits per heavy atom. The Hall–Kier alpha value is -1.45. The van der Waals surface area contributed by atoms with Crippen molar-refractivity contribution in [1.29, 1.82) is 0 Å². The zero-order chi connectivity index (χ0) is 20.3. The second-order valence-electron chi connectivity index (χ2n) is 8.20. The first-order valence-corrected chi connectivity index (χ1v) is 10.5. The van der Waals surface area contributed by atoms with E-state index in [1.165, 1.54) is 0 Å². The number of fused-ring (bicyclic) bond motifs is 1. The van der Waals surface area contributed by atoms with Crippen LogP contribution in [0.3, 0.4) is 0 Å². The van der Waals surface area contributed by atoms with E-state index in [-0.39, 0.29) is 37.5 Å². The van der Waals surface area contributed by atoms with Gasteiger partial charge in [-0.2, -0.15) is 8.42 Å². The van der Waals surface area contributed by atoms with Gasteiger partial charge < -0.3 is 14.8 Å². The number of esters is 1. The fourth-order valence-corrected chi connectivity index (χ4v) is 7.77. The minimum Gasteiger partial charge on any atom is -0.461 e. The summed E-state index contributed by atoms with van der Waals surface area (Å²) >= 11 is 0. The topological polar surface area (TPSA) is 108 Å². The summed E-state index contributed by atoms with van der Waals surface area (Å²) in [5.74, 6) is -0.986. The molecule has 6 atom stereocenters. The lowest BCUT2D eigenvalue weighted by molar-refractivity contribution is -0.194. The molecule has 0 spiro atoms. The molecule has 3 aliphatic rings.